The molecule has 2 saturated carbocycles. The molecule has 2 fully saturated rings. The van der Waals surface area contributed by atoms with E-state index < -0.39 is 0 Å². The van der Waals surface area contributed by atoms with Crippen molar-refractivity contribution in [2.75, 3.05) is 7.05 Å². The quantitative estimate of drug-likeness (QED) is 0.865. The second kappa shape index (κ2) is 4.41. The second-order valence-electron chi connectivity index (χ2n) is 5.79. The van der Waals surface area contributed by atoms with Gasteiger partial charge < -0.3 is 5.32 Å². The average molecular weight is 234 g/mol. The van der Waals surface area contributed by atoms with Crippen LogP contribution in [0.3, 0.4) is 0 Å². The van der Waals surface area contributed by atoms with Gasteiger partial charge in [0.05, 0.1) is 17.9 Å². The lowest BCUT2D eigenvalue weighted by Crippen LogP contribution is -2.24. The Kier molecular flexibility index (Phi) is 2.90. The molecule has 17 heavy (non-hydrogen) atoms. The van der Waals surface area contributed by atoms with Gasteiger partial charge in [0.25, 0.3) is 0 Å². The van der Waals surface area contributed by atoms with E-state index in [0.717, 1.165) is 17.8 Å². The van der Waals surface area contributed by atoms with Gasteiger partial charge in [-0.2, -0.15) is 0 Å². The van der Waals surface area contributed by atoms with E-state index >= 15 is 0 Å². The third-order valence-corrected chi connectivity index (χ3v) is 4.88. The van der Waals surface area contributed by atoms with E-state index in [9.17, 15) is 0 Å². The zero-order valence-corrected chi connectivity index (χ0v) is 10.8. The van der Waals surface area contributed by atoms with Crippen LogP contribution < -0.4 is 5.32 Å². The molecule has 0 saturated heterocycles. The number of hydrogen-bond donors (Lipinski definition) is 1. The summed E-state index contributed by atoms with van der Waals surface area (Å²) in [7, 11) is 4.03. The molecule has 0 aliphatic heterocycles. The summed E-state index contributed by atoms with van der Waals surface area (Å²) >= 11 is 0. The van der Waals surface area contributed by atoms with Gasteiger partial charge in [-0.3, -0.25) is 4.68 Å². The molecule has 4 unspecified atom stereocenters. The average Bonchev–Trinajstić information content (AvgIpc) is 3.02. The zero-order chi connectivity index (χ0) is 11.8. The van der Waals surface area contributed by atoms with Gasteiger partial charge in [-0.15, -0.1) is 5.10 Å². The minimum atomic E-state index is 0.416. The van der Waals surface area contributed by atoms with Crippen LogP contribution in [0.5, 0.6) is 0 Å². The van der Waals surface area contributed by atoms with Crippen LogP contribution in [0.4, 0.5) is 0 Å². The number of fused-ring (bicyclic) bond motifs is 2. The molecule has 94 valence electrons. The summed E-state index contributed by atoms with van der Waals surface area (Å²) in [6, 6.07) is 0.416. The van der Waals surface area contributed by atoms with Crippen LogP contribution in [0.2, 0.25) is 0 Å². The zero-order valence-electron chi connectivity index (χ0n) is 10.8. The molecule has 0 spiro atoms. The van der Waals surface area contributed by atoms with Crippen molar-refractivity contribution in [3.05, 3.63) is 11.9 Å². The fourth-order valence-corrected chi connectivity index (χ4v) is 3.97. The molecule has 1 N–H and O–H groups in total. The molecular formula is C13H22N4. The van der Waals surface area contributed by atoms with E-state index in [-0.39, 0.29) is 0 Å². The predicted molar refractivity (Wildman–Crippen MR) is 66.4 cm³/mol. The van der Waals surface area contributed by atoms with E-state index in [2.05, 4.69) is 15.6 Å². The van der Waals surface area contributed by atoms with Gasteiger partial charge in [0.15, 0.2) is 0 Å². The molecule has 0 aromatic carbocycles. The van der Waals surface area contributed by atoms with Crippen LogP contribution in [0.15, 0.2) is 6.20 Å². The fraction of sp³-hybridized carbons (Fsp3) is 0.846. The summed E-state index contributed by atoms with van der Waals surface area (Å²) in [6.45, 7) is 0. The van der Waals surface area contributed by atoms with Crippen molar-refractivity contribution < 1.29 is 0 Å². The van der Waals surface area contributed by atoms with Crippen molar-refractivity contribution in [3.63, 3.8) is 0 Å². The molecular weight excluding hydrogens is 212 g/mol. The van der Waals surface area contributed by atoms with Gasteiger partial charge in [0.1, 0.15) is 0 Å². The fourth-order valence-electron chi connectivity index (χ4n) is 3.97. The van der Waals surface area contributed by atoms with Gasteiger partial charge >= 0.3 is 0 Å². The molecule has 0 radical (unpaired) electrons. The number of rotatable bonds is 4. The summed E-state index contributed by atoms with van der Waals surface area (Å²) in [4.78, 5) is 0. The highest BCUT2D eigenvalue weighted by atomic mass is 15.4. The summed E-state index contributed by atoms with van der Waals surface area (Å²) in [5, 5.41) is 11.5. The van der Waals surface area contributed by atoms with Crippen LogP contribution in [0.1, 0.15) is 43.8 Å². The Labute approximate surface area is 103 Å². The second-order valence-corrected chi connectivity index (χ2v) is 5.79. The molecule has 2 aliphatic carbocycles. The minimum absolute atomic E-state index is 0.416. The maximum atomic E-state index is 4.03. The predicted octanol–water partition coefficient (Wildman–Crippen LogP) is 1.90. The maximum Gasteiger partial charge on any atom is 0.0753 e. The van der Waals surface area contributed by atoms with Crippen molar-refractivity contribution in [3.8, 4) is 0 Å². The van der Waals surface area contributed by atoms with Crippen molar-refractivity contribution in [1.82, 2.24) is 20.3 Å². The number of nitrogens with one attached hydrogen (secondary N) is 1. The Morgan fingerprint density at radius 1 is 1.47 bits per heavy atom. The standard InChI is InChI=1S/C13H22N4/c1-14-12(13-8-15-16-17(13)2)7-11-6-9-3-4-10(11)5-9/h8-12,14H,3-7H2,1-2H3. The van der Waals surface area contributed by atoms with Crippen molar-refractivity contribution in [2.24, 2.45) is 24.8 Å². The van der Waals surface area contributed by atoms with E-state index in [1.165, 1.54) is 37.8 Å². The maximum absolute atomic E-state index is 4.03. The van der Waals surface area contributed by atoms with Crippen LogP contribution in [-0.4, -0.2) is 22.0 Å². The topological polar surface area (TPSA) is 42.7 Å². The first kappa shape index (κ1) is 11.2. The monoisotopic (exact) mass is 234 g/mol. The van der Waals surface area contributed by atoms with Crippen LogP contribution in [-0.2, 0) is 7.05 Å². The molecule has 0 amide bonds. The van der Waals surface area contributed by atoms with E-state index in [4.69, 9.17) is 0 Å². The molecule has 2 aliphatic rings. The Balaban J connectivity index is 1.69. The molecule has 2 bridgehead atoms. The Morgan fingerprint density at radius 2 is 2.35 bits per heavy atom. The highest BCUT2D eigenvalue weighted by Gasteiger charge is 2.40. The molecule has 4 heteroatoms. The molecule has 4 atom stereocenters. The first-order valence-electron chi connectivity index (χ1n) is 6.79. The number of nitrogens with zero attached hydrogens (tertiary/aromatic N) is 3. The van der Waals surface area contributed by atoms with Crippen molar-refractivity contribution >= 4 is 0 Å². The lowest BCUT2D eigenvalue weighted by molar-refractivity contribution is 0.280. The normalized spacial score (nSPS) is 33.2. The number of aryl methyl sites for hydroxylation is 1. The Hall–Kier alpha value is -0.900. The van der Waals surface area contributed by atoms with E-state index in [1.54, 1.807) is 0 Å². The molecule has 4 nitrogen and oxygen atoms in total. The van der Waals surface area contributed by atoms with Gasteiger partial charge in [-0.25, -0.2) is 0 Å². The van der Waals surface area contributed by atoms with Gasteiger partial charge in [0.2, 0.25) is 0 Å². The van der Waals surface area contributed by atoms with Crippen LogP contribution >= 0.6 is 0 Å². The van der Waals surface area contributed by atoms with Crippen LogP contribution in [0.25, 0.3) is 0 Å². The molecule has 1 aromatic rings. The summed E-state index contributed by atoms with van der Waals surface area (Å²) in [5.41, 5.74) is 1.22. The molecule has 1 aromatic heterocycles. The van der Waals surface area contributed by atoms with Gasteiger partial charge in [-0.1, -0.05) is 11.6 Å². The first-order valence-corrected chi connectivity index (χ1v) is 6.79. The SMILES string of the molecule is CNC(CC1CC2CCC1C2)c1cnnn1C. The van der Waals surface area contributed by atoms with Gasteiger partial charge in [0, 0.05) is 7.05 Å². The third kappa shape index (κ3) is 1.99. The lowest BCUT2D eigenvalue weighted by atomic mass is 9.83. The van der Waals surface area contributed by atoms with E-state index in [1.807, 2.05) is 25.0 Å². The summed E-state index contributed by atoms with van der Waals surface area (Å²) < 4.78 is 1.90. The van der Waals surface area contributed by atoms with E-state index in [0.29, 0.717) is 6.04 Å². The smallest absolute Gasteiger partial charge is 0.0753 e. The number of hydrogen-bond acceptors (Lipinski definition) is 3. The van der Waals surface area contributed by atoms with Gasteiger partial charge in [-0.05, 0) is 50.5 Å². The van der Waals surface area contributed by atoms with Crippen molar-refractivity contribution in [1.29, 1.82) is 0 Å². The van der Waals surface area contributed by atoms with Crippen LogP contribution in [0, 0.1) is 17.8 Å². The summed E-state index contributed by atoms with van der Waals surface area (Å²) in [6.07, 6.45) is 9.04. The lowest BCUT2D eigenvalue weighted by Gasteiger charge is -2.26. The molecule has 1 heterocycles. The Bertz CT molecular complexity index is 387. The summed E-state index contributed by atoms with van der Waals surface area (Å²) in [5.74, 6) is 2.95. The highest BCUT2D eigenvalue weighted by molar-refractivity contribution is 5.03. The Morgan fingerprint density at radius 3 is 2.88 bits per heavy atom. The highest BCUT2D eigenvalue weighted by Crippen LogP contribution is 2.50. The first-order chi connectivity index (χ1) is 8.28. The number of aromatic nitrogens is 3. The molecule has 3 rings (SSSR count). The third-order valence-electron chi connectivity index (χ3n) is 4.88. The van der Waals surface area contributed by atoms with Crippen molar-refractivity contribution in [2.45, 2.75) is 38.1 Å². The largest absolute Gasteiger partial charge is 0.312 e. The minimum Gasteiger partial charge on any atom is -0.312 e.